The molecule has 3 unspecified atom stereocenters. The van der Waals surface area contributed by atoms with Crippen LogP contribution in [0.3, 0.4) is 0 Å². The number of nitrogens with zero attached hydrogens (tertiary/aromatic N) is 3. The molecule has 4 heteroatoms. The Labute approximate surface area is 145 Å². The zero-order valence-corrected chi connectivity index (χ0v) is 14.7. The molecule has 1 heterocycles. The van der Waals surface area contributed by atoms with Gasteiger partial charge in [-0.1, -0.05) is 37.8 Å². The van der Waals surface area contributed by atoms with Crippen LogP contribution in [0.15, 0.2) is 59.7 Å². The number of hydrogen-bond donors (Lipinski definition) is 0. The molecule has 0 bridgehead atoms. The second kappa shape index (κ2) is 4.76. The maximum atomic E-state index is 9.52. The highest BCUT2D eigenvalue weighted by molar-refractivity contribution is 14.1. The van der Waals surface area contributed by atoms with Crippen molar-refractivity contribution in [1.29, 1.82) is 5.26 Å². The molecule has 0 N–H and O–H groups in total. The highest BCUT2D eigenvalue weighted by Crippen LogP contribution is 2.65. The predicted molar refractivity (Wildman–Crippen MR) is 95.0 cm³/mol. The molecule has 0 radical (unpaired) electrons. The Kier molecular flexibility index (Phi) is 3.06. The minimum Gasteiger partial charge on any atom is -0.326 e. The quantitative estimate of drug-likeness (QED) is 0.484. The van der Waals surface area contributed by atoms with Crippen LogP contribution in [-0.4, -0.2) is 14.6 Å². The summed E-state index contributed by atoms with van der Waals surface area (Å²) in [4.78, 5) is 2.25. The van der Waals surface area contributed by atoms with Crippen molar-refractivity contribution in [2.24, 2.45) is 17.3 Å². The van der Waals surface area contributed by atoms with Crippen molar-refractivity contribution in [2.75, 3.05) is 6.54 Å². The van der Waals surface area contributed by atoms with Crippen LogP contribution < -0.4 is 0 Å². The first-order chi connectivity index (χ1) is 10.6. The molecule has 3 atom stereocenters. The monoisotopic (exact) mass is 403 g/mol. The summed E-state index contributed by atoms with van der Waals surface area (Å²) in [6, 6.07) is 2.38. The van der Waals surface area contributed by atoms with E-state index in [1.165, 1.54) is 12.1 Å². The molecule has 0 aromatic rings. The van der Waals surface area contributed by atoms with E-state index < -0.39 is 0 Å². The lowest BCUT2D eigenvalue weighted by atomic mass is 9.89. The van der Waals surface area contributed by atoms with Gasteiger partial charge in [-0.05, 0) is 30.8 Å². The fraction of sp³-hybridized carbons (Fsp3) is 0.389. The first-order valence-electron chi connectivity index (χ1n) is 7.70. The summed E-state index contributed by atoms with van der Waals surface area (Å²) >= 11 is 2.35. The van der Waals surface area contributed by atoms with E-state index in [0.29, 0.717) is 11.8 Å². The standard InChI is InChI=1S/C18H18IN3/c1-12-6-7-16(14(8-12)10-20)21-11-18-9-15(18)4-3-5-17(18)22(19)13(21)2/h3-5,7-8,12,15H,2,6,9,11H2,1H3. The summed E-state index contributed by atoms with van der Waals surface area (Å²) in [5.74, 6) is 2.03. The van der Waals surface area contributed by atoms with E-state index in [9.17, 15) is 5.26 Å². The van der Waals surface area contributed by atoms with Gasteiger partial charge < -0.3 is 4.90 Å². The summed E-state index contributed by atoms with van der Waals surface area (Å²) in [5.41, 5.74) is 3.42. The lowest BCUT2D eigenvalue weighted by Crippen LogP contribution is -2.44. The van der Waals surface area contributed by atoms with Crippen molar-refractivity contribution >= 4 is 22.9 Å². The van der Waals surface area contributed by atoms with Crippen LogP contribution in [0.1, 0.15) is 19.8 Å². The van der Waals surface area contributed by atoms with Gasteiger partial charge in [0.25, 0.3) is 0 Å². The lowest BCUT2D eigenvalue weighted by molar-refractivity contribution is 0.244. The molecule has 4 rings (SSSR count). The molecule has 1 saturated carbocycles. The van der Waals surface area contributed by atoms with Crippen molar-refractivity contribution in [2.45, 2.75) is 19.8 Å². The highest BCUT2D eigenvalue weighted by atomic mass is 127. The van der Waals surface area contributed by atoms with Crippen molar-refractivity contribution in [3.8, 4) is 6.07 Å². The van der Waals surface area contributed by atoms with E-state index in [2.05, 4.69) is 80.8 Å². The second-order valence-electron chi connectivity index (χ2n) is 6.68. The van der Waals surface area contributed by atoms with Gasteiger partial charge in [-0.25, -0.2) is 0 Å². The maximum Gasteiger partial charge on any atom is 0.114 e. The summed E-state index contributed by atoms with van der Waals surface area (Å²) in [5, 5.41) is 9.52. The number of halogens is 1. The number of rotatable bonds is 1. The Morgan fingerprint density at radius 1 is 1.50 bits per heavy atom. The molecule has 3 nitrogen and oxygen atoms in total. The van der Waals surface area contributed by atoms with Crippen LogP contribution in [0.4, 0.5) is 0 Å². The number of allylic oxidation sites excluding steroid dienone is 6. The topological polar surface area (TPSA) is 30.3 Å². The maximum absolute atomic E-state index is 9.52. The van der Waals surface area contributed by atoms with E-state index in [4.69, 9.17) is 0 Å². The Morgan fingerprint density at radius 3 is 3.09 bits per heavy atom. The van der Waals surface area contributed by atoms with Crippen LogP contribution in [0.5, 0.6) is 0 Å². The zero-order valence-electron chi connectivity index (χ0n) is 12.6. The third-order valence-corrected chi connectivity index (χ3v) is 6.33. The van der Waals surface area contributed by atoms with Gasteiger partial charge in [-0.2, -0.15) is 5.26 Å². The summed E-state index contributed by atoms with van der Waals surface area (Å²) in [7, 11) is 0. The molecule has 22 heavy (non-hydrogen) atoms. The van der Waals surface area contributed by atoms with Gasteiger partial charge in [-0.15, -0.1) is 0 Å². The Hall–Kier alpha value is -1.48. The molecule has 0 aromatic carbocycles. The highest BCUT2D eigenvalue weighted by Gasteiger charge is 2.61. The van der Waals surface area contributed by atoms with E-state index in [1.54, 1.807) is 0 Å². The minimum absolute atomic E-state index is 0.224. The van der Waals surface area contributed by atoms with E-state index >= 15 is 0 Å². The van der Waals surface area contributed by atoms with Gasteiger partial charge >= 0.3 is 0 Å². The lowest BCUT2D eigenvalue weighted by Gasteiger charge is -2.45. The van der Waals surface area contributed by atoms with Gasteiger partial charge in [0.2, 0.25) is 0 Å². The van der Waals surface area contributed by atoms with Crippen molar-refractivity contribution < 1.29 is 0 Å². The molecule has 1 spiro atoms. The average Bonchev–Trinajstić information content (AvgIpc) is 3.24. The normalized spacial score (nSPS) is 35.9. The second-order valence-corrected chi connectivity index (χ2v) is 7.65. The SMILES string of the molecule is C=C1N(I)C2=CC=CC3CC23CN1C1=CCC(C)C=C1C#N. The van der Waals surface area contributed by atoms with Crippen molar-refractivity contribution in [3.63, 3.8) is 0 Å². The van der Waals surface area contributed by atoms with Crippen LogP contribution in [0.25, 0.3) is 0 Å². The van der Waals surface area contributed by atoms with Gasteiger partial charge in [0.05, 0.1) is 34.1 Å². The Morgan fingerprint density at radius 2 is 2.32 bits per heavy atom. The molecule has 0 amide bonds. The summed E-state index contributed by atoms with van der Waals surface area (Å²) in [6.45, 7) is 7.37. The van der Waals surface area contributed by atoms with Gasteiger partial charge in [0.1, 0.15) is 11.9 Å². The summed E-state index contributed by atoms with van der Waals surface area (Å²) < 4.78 is 2.18. The van der Waals surface area contributed by atoms with Crippen LogP contribution in [0.2, 0.25) is 0 Å². The average molecular weight is 403 g/mol. The first kappa shape index (κ1) is 14.1. The number of nitriles is 1. The van der Waals surface area contributed by atoms with Crippen LogP contribution >= 0.6 is 22.9 Å². The largest absolute Gasteiger partial charge is 0.326 e. The molecular formula is C18H18IN3. The van der Waals surface area contributed by atoms with Crippen LogP contribution in [-0.2, 0) is 0 Å². The van der Waals surface area contributed by atoms with Gasteiger partial charge in [0, 0.05) is 17.7 Å². The smallest absolute Gasteiger partial charge is 0.114 e. The molecular weight excluding hydrogens is 385 g/mol. The minimum atomic E-state index is 0.224. The fourth-order valence-corrected chi connectivity index (χ4v) is 4.79. The predicted octanol–water partition coefficient (Wildman–Crippen LogP) is 4.26. The third-order valence-electron chi connectivity index (χ3n) is 5.25. The van der Waals surface area contributed by atoms with E-state index in [-0.39, 0.29) is 5.41 Å². The molecule has 3 aliphatic carbocycles. The van der Waals surface area contributed by atoms with Crippen LogP contribution in [0, 0.1) is 28.6 Å². The summed E-state index contributed by atoms with van der Waals surface area (Å²) in [6.07, 6.45) is 13.2. The molecule has 1 aliphatic heterocycles. The first-order valence-corrected chi connectivity index (χ1v) is 8.67. The number of hydrogen-bond acceptors (Lipinski definition) is 3. The zero-order chi connectivity index (χ0) is 15.5. The molecule has 4 aliphatic rings. The van der Waals surface area contributed by atoms with E-state index in [1.807, 2.05) is 0 Å². The van der Waals surface area contributed by atoms with E-state index in [0.717, 1.165) is 30.1 Å². The molecule has 1 saturated heterocycles. The Bertz CT molecular complexity index is 721. The molecule has 112 valence electrons. The van der Waals surface area contributed by atoms with Crippen molar-refractivity contribution in [1.82, 2.24) is 8.01 Å². The third kappa shape index (κ3) is 1.84. The molecule has 0 aromatic heterocycles. The molecule has 2 fully saturated rings. The van der Waals surface area contributed by atoms with Gasteiger partial charge in [-0.3, -0.25) is 3.11 Å². The van der Waals surface area contributed by atoms with Crippen molar-refractivity contribution in [3.05, 3.63) is 59.7 Å². The fourth-order valence-electron chi connectivity index (χ4n) is 3.89. The van der Waals surface area contributed by atoms with Gasteiger partial charge in [0.15, 0.2) is 0 Å². The Balaban J connectivity index is 1.72.